The summed E-state index contributed by atoms with van der Waals surface area (Å²) in [6, 6.07) is 13.1. The molecule has 0 aliphatic rings. The fourth-order valence-corrected chi connectivity index (χ4v) is 2.55. The Balaban J connectivity index is 1.67. The first-order valence-corrected chi connectivity index (χ1v) is 9.05. The number of carbonyl (C=O) groups is 3. The van der Waals surface area contributed by atoms with E-state index < -0.39 is 11.9 Å². The molecule has 0 spiro atoms. The molecular weight excluding hydrogens is 356 g/mol. The SMILES string of the molecule is Cc1ccc(CNC(=O)NCC(=O)NCC(=O)Nc2c(C)cccc2C)cc1. The minimum absolute atomic E-state index is 0.167. The van der Waals surface area contributed by atoms with Gasteiger partial charge in [0, 0.05) is 12.2 Å². The summed E-state index contributed by atoms with van der Waals surface area (Å²) >= 11 is 0. The van der Waals surface area contributed by atoms with Gasteiger partial charge in [-0.2, -0.15) is 0 Å². The molecular formula is C21H26N4O3. The van der Waals surface area contributed by atoms with Gasteiger partial charge in [0.05, 0.1) is 13.1 Å². The second-order valence-electron chi connectivity index (χ2n) is 6.61. The van der Waals surface area contributed by atoms with Crippen LogP contribution < -0.4 is 21.3 Å². The molecule has 0 saturated carbocycles. The summed E-state index contributed by atoms with van der Waals surface area (Å²) in [5.74, 6) is -0.767. The van der Waals surface area contributed by atoms with Crippen molar-refractivity contribution in [1.29, 1.82) is 0 Å². The highest BCUT2D eigenvalue weighted by atomic mass is 16.2. The van der Waals surface area contributed by atoms with E-state index in [0.29, 0.717) is 6.54 Å². The van der Waals surface area contributed by atoms with E-state index in [1.165, 1.54) is 0 Å². The van der Waals surface area contributed by atoms with Crippen LogP contribution in [0.3, 0.4) is 0 Å². The zero-order valence-corrected chi connectivity index (χ0v) is 16.4. The lowest BCUT2D eigenvalue weighted by atomic mass is 10.1. The third kappa shape index (κ3) is 6.75. The van der Waals surface area contributed by atoms with Crippen molar-refractivity contribution in [3.8, 4) is 0 Å². The van der Waals surface area contributed by atoms with Crippen LogP contribution in [0.4, 0.5) is 10.5 Å². The molecule has 0 saturated heterocycles. The van der Waals surface area contributed by atoms with Gasteiger partial charge >= 0.3 is 6.03 Å². The molecule has 28 heavy (non-hydrogen) atoms. The van der Waals surface area contributed by atoms with Crippen LogP contribution in [-0.2, 0) is 16.1 Å². The number of hydrogen-bond acceptors (Lipinski definition) is 3. The van der Waals surface area contributed by atoms with Gasteiger partial charge in [-0.1, -0.05) is 48.0 Å². The van der Waals surface area contributed by atoms with Gasteiger partial charge in [0.1, 0.15) is 0 Å². The predicted octanol–water partition coefficient (Wildman–Crippen LogP) is 2.17. The molecule has 2 rings (SSSR count). The molecule has 0 aliphatic carbocycles. The Kier molecular flexibility index (Phi) is 7.56. The van der Waals surface area contributed by atoms with Gasteiger partial charge in [0.15, 0.2) is 0 Å². The number of nitrogens with one attached hydrogen (secondary N) is 4. The molecule has 0 aliphatic heterocycles. The molecule has 7 heteroatoms. The number of para-hydroxylation sites is 1. The summed E-state index contributed by atoms with van der Waals surface area (Å²) in [5.41, 5.74) is 4.76. The molecule has 7 nitrogen and oxygen atoms in total. The van der Waals surface area contributed by atoms with Crippen molar-refractivity contribution in [1.82, 2.24) is 16.0 Å². The third-order valence-electron chi connectivity index (χ3n) is 4.17. The van der Waals surface area contributed by atoms with Crippen LogP contribution in [0, 0.1) is 20.8 Å². The number of rotatable bonds is 7. The summed E-state index contributed by atoms with van der Waals surface area (Å²) in [6.07, 6.45) is 0. The van der Waals surface area contributed by atoms with Crippen molar-refractivity contribution in [2.24, 2.45) is 0 Å². The Bertz CT molecular complexity index is 827. The summed E-state index contributed by atoms with van der Waals surface area (Å²) < 4.78 is 0. The minimum atomic E-state index is -0.448. The van der Waals surface area contributed by atoms with Crippen molar-refractivity contribution < 1.29 is 14.4 Å². The standard InChI is InChI=1S/C21H26N4O3/c1-14-7-9-17(10-8-14)11-23-21(28)24-12-18(26)22-13-19(27)25-20-15(2)5-4-6-16(20)3/h4-10H,11-13H2,1-3H3,(H,22,26)(H,25,27)(H2,23,24,28). The minimum Gasteiger partial charge on any atom is -0.345 e. The first-order valence-electron chi connectivity index (χ1n) is 9.05. The summed E-state index contributed by atoms with van der Waals surface area (Å²) in [4.78, 5) is 35.6. The highest BCUT2D eigenvalue weighted by Gasteiger charge is 2.10. The van der Waals surface area contributed by atoms with Crippen molar-refractivity contribution >= 4 is 23.5 Å². The number of aryl methyl sites for hydroxylation is 3. The average molecular weight is 382 g/mol. The molecule has 0 radical (unpaired) electrons. The van der Waals surface area contributed by atoms with E-state index in [-0.39, 0.29) is 19.0 Å². The van der Waals surface area contributed by atoms with Gasteiger partial charge in [-0.15, -0.1) is 0 Å². The number of anilines is 1. The molecule has 4 N–H and O–H groups in total. The van der Waals surface area contributed by atoms with E-state index in [1.54, 1.807) is 0 Å². The Morgan fingerprint density at radius 2 is 1.36 bits per heavy atom. The zero-order chi connectivity index (χ0) is 20.5. The lowest BCUT2D eigenvalue weighted by molar-refractivity contribution is -0.123. The largest absolute Gasteiger partial charge is 0.345 e. The van der Waals surface area contributed by atoms with Crippen LogP contribution in [0.1, 0.15) is 22.3 Å². The van der Waals surface area contributed by atoms with Gasteiger partial charge < -0.3 is 21.3 Å². The predicted molar refractivity (Wildman–Crippen MR) is 109 cm³/mol. The van der Waals surface area contributed by atoms with Crippen LogP contribution in [0.15, 0.2) is 42.5 Å². The van der Waals surface area contributed by atoms with Gasteiger partial charge in [-0.25, -0.2) is 4.79 Å². The van der Waals surface area contributed by atoms with Crippen LogP contribution in [0.2, 0.25) is 0 Å². The first kappa shape index (κ1) is 21.0. The van der Waals surface area contributed by atoms with E-state index in [2.05, 4.69) is 21.3 Å². The topological polar surface area (TPSA) is 99.3 Å². The number of amides is 4. The zero-order valence-electron chi connectivity index (χ0n) is 16.4. The first-order chi connectivity index (χ1) is 13.3. The van der Waals surface area contributed by atoms with Crippen LogP contribution in [0.25, 0.3) is 0 Å². The van der Waals surface area contributed by atoms with Crippen LogP contribution >= 0.6 is 0 Å². The van der Waals surface area contributed by atoms with Crippen LogP contribution in [0.5, 0.6) is 0 Å². The summed E-state index contributed by atoms with van der Waals surface area (Å²) in [6.45, 7) is 5.78. The summed E-state index contributed by atoms with van der Waals surface area (Å²) in [7, 11) is 0. The fourth-order valence-electron chi connectivity index (χ4n) is 2.55. The molecule has 0 atom stereocenters. The third-order valence-corrected chi connectivity index (χ3v) is 4.17. The van der Waals surface area contributed by atoms with Gasteiger partial charge in [-0.3, -0.25) is 9.59 Å². The van der Waals surface area contributed by atoms with Gasteiger partial charge in [0.25, 0.3) is 0 Å². The second kappa shape index (κ2) is 10.1. The Morgan fingerprint density at radius 1 is 0.750 bits per heavy atom. The molecule has 0 unspecified atom stereocenters. The molecule has 0 aromatic heterocycles. The van der Waals surface area contributed by atoms with E-state index in [0.717, 1.165) is 27.9 Å². The monoisotopic (exact) mass is 382 g/mol. The Morgan fingerprint density at radius 3 is 2.00 bits per heavy atom. The van der Waals surface area contributed by atoms with E-state index in [9.17, 15) is 14.4 Å². The average Bonchev–Trinajstić information content (AvgIpc) is 2.67. The highest BCUT2D eigenvalue weighted by molar-refractivity contribution is 5.96. The number of hydrogen-bond donors (Lipinski definition) is 4. The van der Waals surface area contributed by atoms with E-state index in [1.807, 2.05) is 63.2 Å². The molecule has 148 valence electrons. The maximum absolute atomic E-state index is 12.0. The second-order valence-corrected chi connectivity index (χ2v) is 6.61. The smallest absolute Gasteiger partial charge is 0.315 e. The Labute approximate surface area is 164 Å². The lowest BCUT2D eigenvalue weighted by Crippen LogP contribution is -2.43. The molecule has 0 heterocycles. The van der Waals surface area contributed by atoms with E-state index >= 15 is 0 Å². The molecule has 2 aromatic carbocycles. The quantitative estimate of drug-likeness (QED) is 0.590. The molecule has 2 aromatic rings. The number of carbonyl (C=O) groups excluding carboxylic acids is 3. The van der Waals surface area contributed by atoms with Gasteiger partial charge in [0.2, 0.25) is 11.8 Å². The summed E-state index contributed by atoms with van der Waals surface area (Å²) in [5, 5.41) is 10.4. The maximum atomic E-state index is 12.0. The maximum Gasteiger partial charge on any atom is 0.315 e. The normalized spacial score (nSPS) is 10.1. The molecule has 0 bridgehead atoms. The highest BCUT2D eigenvalue weighted by Crippen LogP contribution is 2.18. The number of urea groups is 1. The molecule has 4 amide bonds. The molecule has 0 fully saturated rings. The fraction of sp³-hybridized carbons (Fsp3) is 0.286. The lowest BCUT2D eigenvalue weighted by Gasteiger charge is -2.12. The van der Waals surface area contributed by atoms with Crippen molar-refractivity contribution in [3.63, 3.8) is 0 Å². The van der Waals surface area contributed by atoms with Crippen molar-refractivity contribution in [2.45, 2.75) is 27.3 Å². The van der Waals surface area contributed by atoms with E-state index in [4.69, 9.17) is 0 Å². The van der Waals surface area contributed by atoms with Crippen molar-refractivity contribution in [2.75, 3.05) is 18.4 Å². The number of benzene rings is 2. The van der Waals surface area contributed by atoms with Gasteiger partial charge in [-0.05, 0) is 37.5 Å². The van der Waals surface area contributed by atoms with Crippen molar-refractivity contribution in [3.05, 3.63) is 64.7 Å². The van der Waals surface area contributed by atoms with Crippen LogP contribution in [-0.4, -0.2) is 30.9 Å². The Hall–Kier alpha value is -3.35.